The molecule has 1 unspecified atom stereocenters. The molecule has 0 aliphatic carbocycles. The predicted molar refractivity (Wildman–Crippen MR) is 88.6 cm³/mol. The van der Waals surface area contributed by atoms with E-state index < -0.39 is 0 Å². The first-order valence-electron chi connectivity index (χ1n) is 8.99. The van der Waals surface area contributed by atoms with Crippen LogP contribution in [0, 0.1) is 5.92 Å². The molecule has 6 heteroatoms. The summed E-state index contributed by atoms with van der Waals surface area (Å²) in [6.45, 7) is 7.63. The van der Waals surface area contributed by atoms with Gasteiger partial charge in [0, 0.05) is 45.6 Å². The van der Waals surface area contributed by atoms with E-state index in [1.54, 1.807) is 0 Å². The first-order chi connectivity index (χ1) is 11.1. The minimum Gasteiger partial charge on any atom is -0.441 e. The van der Waals surface area contributed by atoms with Crippen LogP contribution in [0.15, 0.2) is 0 Å². The summed E-state index contributed by atoms with van der Waals surface area (Å²) in [7, 11) is 4.13. The smallest absolute Gasteiger partial charge is 0.410 e. The summed E-state index contributed by atoms with van der Waals surface area (Å²) < 4.78 is 11.3. The second kappa shape index (κ2) is 7.36. The number of carbonyl (C=O) groups excluding carboxylic acids is 1. The number of carbonyl (C=O) groups is 1. The Morgan fingerprint density at radius 3 is 2.74 bits per heavy atom. The van der Waals surface area contributed by atoms with Gasteiger partial charge in [0.25, 0.3) is 0 Å². The first-order valence-corrected chi connectivity index (χ1v) is 8.99. The Bertz CT molecular complexity index is 402. The standard InChI is InChI=1S/C17H31N3O3/c1-18(2)7-3-8-20-14-17(23-16(20)21)5-9-19(10-6-17)12-15-4-11-22-13-15/h15H,3-14H2,1-2H3. The Morgan fingerprint density at radius 2 is 2.09 bits per heavy atom. The van der Waals surface area contributed by atoms with E-state index in [0.717, 1.165) is 71.7 Å². The van der Waals surface area contributed by atoms with E-state index in [1.807, 2.05) is 4.90 Å². The average molecular weight is 325 g/mol. The molecule has 132 valence electrons. The average Bonchev–Trinajstić information content (AvgIpc) is 3.11. The van der Waals surface area contributed by atoms with E-state index in [2.05, 4.69) is 23.9 Å². The second-order valence-corrected chi connectivity index (χ2v) is 7.66. The number of rotatable bonds is 6. The van der Waals surface area contributed by atoms with E-state index in [9.17, 15) is 4.79 Å². The molecule has 0 radical (unpaired) electrons. The van der Waals surface area contributed by atoms with Crippen LogP contribution in [0.25, 0.3) is 0 Å². The molecule has 0 aromatic rings. The van der Waals surface area contributed by atoms with Crippen LogP contribution in [0.4, 0.5) is 4.79 Å². The molecule has 0 saturated carbocycles. The van der Waals surface area contributed by atoms with Crippen molar-refractivity contribution < 1.29 is 14.3 Å². The van der Waals surface area contributed by atoms with Gasteiger partial charge in [-0.25, -0.2) is 4.79 Å². The maximum Gasteiger partial charge on any atom is 0.410 e. The molecular formula is C17H31N3O3. The lowest BCUT2D eigenvalue weighted by atomic mass is 9.90. The molecule has 3 aliphatic heterocycles. The Hall–Kier alpha value is -0.850. The zero-order valence-corrected chi connectivity index (χ0v) is 14.6. The lowest BCUT2D eigenvalue weighted by Crippen LogP contribution is -2.48. The van der Waals surface area contributed by atoms with E-state index in [-0.39, 0.29) is 11.7 Å². The maximum atomic E-state index is 12.1. The van der Waals surface area contributed by atoms with Gasteiger partial charge in [-0.15, -0.1) is 0 Å². The van der Waals surface area contributed by atoms with Crippen LogP contribution >= 0.6 is 0 Å². The summed E-state index contributed by atoms with van der Waals surface area (Å²) in [5.41, 5.74) is -0.224. The fourth-order valence-corrected chi connectivity index (χ4v) is 3.94. The van der Waals surface area contributed by atoms with Crippen molar-refractivity contribution in [2.45, 2.75) is 31.3 Å². The molecule has 0 bridgehead atoms. The summed E-state index contributed by atoms with van der Waals surface area (Å²) in [6.07, 6.45) is 4.02. The van der Waals surface area contributed by atoms with Crippen LogP contribution < -0.4 is 0 Å². The topological polar surface area (TPSA) is 45.2 Å². The van der Waals surface area contributed by atoms with Crippen molar-refractivity contribution in [3.63, 3.8) is 0 Å². The molecule has 0 N–H and O–H groups in total. The van der Waals surface area contributed by atoms with Gasteiger partial charge in [-0.2, -0.15) is 0 Å². The van der Waals surface area contributed by atoms with Gasteiger partial charge in [-0.3, -0.25) is 0 Å². The van der Waals surface area contributed by atoms with Crippen molar-refractivity contribution >= 4 is 6.09 Å². The molecule has 0 aromatic carbocycles. The molecule has 6 nitrogen and oxygen atoms in total. The van der Waals surface area contributed by atoms with Crippen LogP contribution in [-0.2, 0) is 9.47 Å². The number of hydrogen-bond donors (Lipinski definition) is 0. The van der Waals surface area contributed by atoms with Crippen LogP contribution in [0.2, 0.25) is 0 Å². The number of amides is 1. The second-order valence-electron chi connectivity index (χ2n) is 7.66. The highest BCUT2D eigenvalue weighted by molar-refractivity contribution is 5.70. The molecule has 1 amide bonds. The minimum absolute atomic E-state index is 0.110. The summed E-state index contributed by atoms with van der Waals surface area (Å²) in [6, 6.07) is 0. The number of ether oxygens (including phenoxy) is 2. The molecule has 3 heterocycles. The molecule has 23 heavy (non-hydrogen) atoms. The van der Waals surface area contributed by atoms with Crippen LogP contribution in [0.5, 0.6) is 0 Å². The molecule has 3 saturated heterocycles. The molecule has 3 aliphatic rings. The Labute approximate surface area is 139 Å². The van der Waals surface area contributed by atoms with E-state index in [1.165, 1.54) is 6.42 Å². The number of piperidine rings is 1. The SMILES string of the molecule is CN(C)CCCN1CC2(CCN(CC3CCOC3)CC2)OC1=O. The van der Waals surface area contributed by atoms with Crippen molar-refractivity contribution in [3.05, 3.63) is 0 Å². The summed E-state index contributed by atoms with van der Waals surface area (Å²) in [5.74, 6) is 0.692. The zero-order chi connectivity index (χ0) is 16.3. The van der Waals surface area contributed by atoms with Crippen LogP contribution in [0.3, 0.4) is 0 Å². The molecule has 0 aromatic heterocycles. The van der Waals surface area contributed by atoms with Crippen molar-refractivity contribution in [3.8, 4) is 0 Å². The van der Waals surface area contributed by atoms with Crippen LogP contribution in [-0.4, -0.2) is 93.0 Å². The quantitative estimate of drug-likeness (QED) is 0.736. The number of nitrogens with zero attached hydrogens (tertiary/aromatic N) is 3. The molecule has 3 rings (SSSR count). The van der Waals surface area contributed by atoms with E-state index in [4.69, 9.17) is 9.47 Å². The fraction of sp³-hybridized carbons (Fsp3) is 0.941. The first kappa shape index (κ1) is 17.0. The summed E-state index contributed by atoms with van der Waals surface area (Å²) >= 11 is 0. The van der Waals surface area contributed by atoms with Gasteiger partial charge < -0.3 is 24.2 Å². The van der Waals surface area contributed by atoms with Crippen molar-refractivity contribution in [2.75, 3.05) is 66.6 Å². The lowest BCUT2D eigenvalue weighted by molar-refractivity contribution is -0.00292. The highest BCUT2D eigenvalue weighted by atomic mass is 16.6. The van der Waals surface area contributed by atoms with Crippen molar-refractivity contribution in [1.29, 1.82) is 0 Å². The monoisotopic (exact) mass is 325 g/mol. The third-order valence-electron chi connectivity index (χ3n) is 5.38. The maximum absolute atomic E-state index is 12.1. The van der Waals surface area contributed by atoms with Gasteiger partial charge >= 0.3 is 6.09 Å². The number of likely N-dealkylation sites (tertiary alicyclic amines) is 1. The van der Waals surface area contributed by atoms with E-state index in [0.29, 0.717) is 5.92 Å². The Balaban J connectivity index is 1.43. The molecular weight excluding hydrogens is 294 g/mol. The van der Waals surface area contributed by atoms with Gasteiger partial charge in [0.2, 0.25) is 0 Å². The predicted octanol–water partition coefficient (Wildman–Crippen LogP) is 1.26. The summed E-state index contributed by atoms with van der Waals surface area (Å²) in [4.78, 5) is 18.7. The third kappa shape index (κ3) is 4.37. The highest BCUT2D eigenvalue weighted by Gasteiger charge is 2.46. The largest absolute Gasteiger partial charge is 0.441 e. The van der Waals surface area contributed by atoms with Crippen molar-refractivity contribution in [1.82, 2.24) is 14.7 Å². The van der Waals surface area contributed by atoms with Gasteiger partial charge in [-0.1, -0.05) is 0 Å². The van der Waals surface area contributed by atoms with Gasteiger partial charge in [0.15, 0.2) is 0 Å². The highest BCUT2D eigenvalue weighted by Crippen LogP contribution is 2.33. The van der Waals surface area contributed by atoms with Gasteiger partial charge in [0.05, 0.1) is 13.2 Å². The lowest BCUT2D eigenvalue weighted by Gasteiger charge is -2.38. The number of hydrogen-bond acceptors (Lipinski definition) is 5. The third-order valence-corrected chi connectivity index (χ3v) is 5.38. The molecule has 1 atom stereocenters. The normalized spacial score (nSPS) is 28.0. The summed E-state index contributed by atoms with van der Waals surface area (Å²) in [5, 5.41) is 0. The Kier molecular flexibility index (Phi) is 5.44. The van der Waals surface area contributed by atoms with Crippen molar-refractivity contribution in [2.24, 2.45) is 5.92 Å². The Morgan fingerprint density at radius 1 is 1.30 bits per heavy atom. The molecule has 1 spiro atoms. The molecule has 3 fully saturated rings. The van der Waals surface area contributed by atoms with Gasteiger partial charge in [-0.05, 0) is 39.4 Å². The fourth-order valence-electron chi connectivity index (χ4n) is 3.94. The van der Waals surface area contributed by atoms with Crippen LogP contribution in [0.1, 0.15) is 25.7 Å². The minimum atomic E-state index is -0.224. The van der Waals surface area contributed by atoms with E-state index >= 15 is 0 Å². The zero-order valence-electron chi connectivity index (χ0n) is 14.6. The van der Waals surface area contributed by atoms with Gasteiger partial charge in [0.1, 0.15) is 5.60 Å².